The SMILES string of the molecule is Cc1ccccc1-c1nc(O)c(-c2ccccc2)c(=O)[nH]1. The summed E-state index contributed by atoms with van der Waals surface area (Å²) in [6.45, 7) is 1.93. The van der Waals surface area contributed by atoms with Crippen molar-refractivity contribution >= 4 is 0 Å². The van der Waals surface area contributed by atoms with E-state index in [9.17, 15) is 9.90 Å². The lowest BCUT2D eigenvalue weighted by atomic mass is 10.1. The van der Waals surface area contributed by atoms with E-state index in [1.165, 1.54) is 0 Å². The molecular weight excluding hydrogens is 264 g/mol. The summed E-state index contributed by atoms with van der Waals surface area (Å²) >= 11 is 0. The monoisotopic (exact) mass is 278 g/mol. The first kappa shape index (κ1) is 13.1. The normalized spacial score (nSPS) is 10.5. The van der Waals surface area contributed by atoms with Gasteiger partial charge in [-0.25, -0.2) is 0 Å². The van der Waals surface area contributed by atoms with Crippen molar-refractivity contribution in [2.24, 2.45) is 0 Å². The van der Waals surface area contributed by atoms with E-state index in [0.717, 1.165) is 11.1 Å². The van der Waals surface area contributed by atoms with Gasteiger partial charge in [-0.15, -0.1) is 0 Å². The van der Waals surface area contributed by atoms with Crippen LogP contribution >= 0.6 is 0 Å². The highest BCUT2D eigenvalue weighted by Gasteiger charge is 2.14. The van der Waals surface area contributed by atoms with Crippen LogP contribution in [0.1, 0.15) is 5.56 Å². The molecule has 1 aromatic heterocycles. The molecule has 4 nitrogen and oxygen atoms in total. The van der Waals surface area contributed by atoms with Gasteiger partial charge < -0.3 is 10.1 Å². The number of aromatic hydroxyl groups is 1. The second-order valence-corrected chi connectivity index (χ2v) is 4.79. The summed E-state index contributed by atoms with van der Waals surface area (Å²) in [4.78, 5) is 19.2. The molecule has 0 saturated carbocycles. The number of hydrogen-bond acceptors (Lipinski definition) is 3. The molecule has 0 aliphatic heterocycles. The van der Waals surface area contributed by atoms with E-state index in [1.807, 2.05) is 49.4 Å². The molecule has 0 aliphatic rings. The molecule has 21 heavy (non-hydrogen) atoms. The first-order valence-electron chi connectivity index (χ1n) is 6.61. The van der Waals surface area contributed by atoms with E-state index in [0.29, 0.717) is 11.4 Å². The predicted molar refractivity (Wildman–Crippen MR) is 82.1 cm³/mol. The highest BCUT2D eigenvalue weighted by Crippen LogP contribution is 2.26. The van der Waals surface area contributed by atoms with Crippen LogP contribution in [-0.2, 0) is 0 Å². The smallest absolute Gasteiger partial charge is 0.262 e. The van der Waals surface area contributed by atoms with Crippen LogP contribution in [0.25, 0.3) is 22.5 Å². The minimum Gasteiger partial charge on any atom is -0.493 e. The summed E-state index contributed by atoms with van der Waals surface area (Å²) in [7, 11) is 0. The summed E-state index contributed by atoms with van der Waals surface area (Å²) in [5, 5.41) is 10.1. The fourth-order valence-corrected chi connectivity index (χ4v) is 2.29. The number of H-pyrrole nitrogens is 1. The Morgan fingerprint density at radius 3 is 2.33 bits per heavy atom. The molecule has 0 spiro atoms. The van der Waals surface area contributed by atoms with Crippen LogP contribution in [-0.4, -0.2) is 15.1 Å². The van der Waals surface area contributed by atoms with Crippen LogP contribution in [0.2, 0.25) is 0 Å². The first-order valence-corrected chi connectivity index (χ1v) is 6.61. The third-order valence-electron chi connectivity index (χ3n) is 3.36. The zero-order valence-corrected chi connectivity index (χ0v) is 11.5. The quantitative estimate of drug-likeness (QED) is 0.757. The van der Waals surface area contributed by atoms with Gasteiger partial charge >= 0.3 is 0 Å². The van der Waals surface area contributed by atoms with E-state index < -0.39 is 0 Å². The average Bonchev–Trinajstić information content (AvgIpc) is 2.48. The van der Waals surface area contributed by atoms with E-state index in [-0.39, 0.29) is 17.0 Å². The average molecular weight is 278 g/mol. The van der Waals surface area contributed by atoms with Crippen LogP contribution in [0.15, 0.2) is 59.4 Å². The Morgan fingerprint density at radius 1 is 1.00 bits per heavy atom. The highest BCUT2D eigenvalue weighted by atomic mass is 16.3. The van der Waals surface area contributed by atoms with Gasteiger partial charge in [-0.3, -0.25) is 4.79 Å². The van der Waals surface area contributed by atoms with E-state index in [4.69, 9.17) is 0 Å². The molecule has 0 atom stereocenters. The van der Waals surface area contributed by atoms with Gasteiger partial charge in [-0.1, -0.05) is 54.6 Å². The Bertz CT molecular complexity index is 839. The fourth-order valence-electron chi connectivity index (χ4n) is 2.29. The molecule has 2 aromatic carbocycles. The van der Waals surface area contributed by atoms with Crippen LogP contribution in [0, 0.1) is 6.92 Å². The minimum absolute atomic E-state index is 0.188. The number of aromatic amines is 1. The molecule has 0 unspecified atom stereocenters. The van der Waals surface area contributed by atoms with Crippen molar-refractivity contribution in [3.63, 3.8) is 0 Å². The molecular formula is C17H14N2O2. The van der Waals surface area contributed by atoms with Gasteiger partial charge in [0, 0.05) is 5.56 Å². The number of rotatable bonds is 2. The Balaban J connectivity index is 2.18. The fraction of sp³-hybridized carbons (Fsp3) is 0.0588. The molecule has 0 radical (unpaired) electrons. The maximum absolute atomic E-state index is 12.3. The minimum atomic E-state index is -0.355. The van der Waals surface area contributed by atoms with Crippen molar-refractivity contribution < 1.29 is 5.11 Å². The molecule has 0 saturated heterocycles. The lowest BCUT2D eigenvalue weighted by Gasteiger charge is -2.08. The molecule has 3 rings (SSSR count). The maximum Gasteiger partial charge on any atom is 0.262 e. The Hall–Kier alpha value is -2.88. The molecule has 0 amide bonds. The Kier molecular flexibility index (Phi) is 3.28. The van der Waals surface area contributed by atoms with E-state index in [1.54, 1.807) is 12.1 Å². The standard InChI is InChI=1S/C17H14N2O2/c1-11-7-5-6-10-13(11)15-18-16(20)14(17(21)19-15)12-8-3-2-4-9-12/h2-10H,1H3,(H2,18,19,20,21). The predicted octanol–water partition coefficient (Wildman–Crippen LogP) is 3.12. The number of hydrogen-bond donors (Lipinski definition) is 2. The summed E-state index contributed by atoms with van der Waals surface area (Å²) < 4.78 is 0. The number of nitrogens with zero attached hydrogens (tertiary/aromatic N) is 1. The van der Waals surface area contributed by atoms with Gasteiger partial charge in [0.15, 0.2) is 0 Å². The molecule has 4 heteroatoms. The third kappa shape index (κ3) is 2.43. The van der Waals surface area contributed by atoms with Crippen LogP contribution < -0.4 is 5.56 Å². The summed E-state index contributed by atoms with van der Waals surface area (Å²) in [6, 6.07) is 16.6. The van der Waals surface area contributed by atoms with Crippen molar-refractivity contribution in [2.75, 3.05) is 0 Å². The van der Waals surface area contributed by atoms with Gasteiger partial charge in [0.25, 0.3) is 5.56 Å². The summed E-state index contributed by atoms with van der Waals surface area (Å²) in [5.41, 5.74) is 2.25. The third-order valence-corrected chi connectivity index (χ3v) is 3.36. The van der Waals surface area contributed by atoms with E-state index in [2.05, 4.69) is 9.97 Å². The van der Waals surface area contributed by atoms with Gasteiger partial charge in [0.05, 0.1) is 0 Å². The van der Waals surface area contributed by atoms with Crippen LogP contribution in [0.5, 0.6) is 5.88 Å². The molecule has 0 aliphatic carbocycles. The molecule has 0 bridgehead atoms. The molecule has 1 heterocycles. The largest absolute Gasteiger partial charge is 0.493 e. The summed E-state index contributed by atoms with van der Waals surface area (Å²) in [5.74, 6) is 0.110. The first-order chi connectivity index (χ1) is 10.2. The van der Waals surface area contributed by atoms with Crippen molar-refractivity contribution in [1.82, 2.24) is 9.97 Å². The number of nitrogens with one attached hydrogen (secondary N) is 1. The van der Waals surface area contributed by atoms with Gasteiger partial charge in [-0.05, 0) is 18.1 Å². The second kappa shape index (κ2) is 5.25. The van der Waals surface area contributed by atoms with E-state index >= 15 is 0 Å². The molecule has 3 aromatic rings. The summed E-state index contributed by atoms with van der Waals surface area (Å²) in [6.07, 6.45) is 0. The van der Waals surface area contributed by atoms with Gasteiger partial charge in [-0.2, -0.15) is 4.98 Å². The second-order valence-electron chi connectivity index (χ2n) is 4.79. The lowest BCUT2D eigenvalue weighted by molar-refractivity contribution is 0.454. The van der Waals surface area contributed by atoms with Crippen LogP contribution in [0.4, 0.5) is 0 Å². The number of aryl methyl sites for hydroxylation is 1. The molecule has 2 N–H and O–H groups in total. The van der Waals surface area contributed by atoms with Crippen molar-refractivity contribution in [1.29, 1.82) is 0 Å². The van der Waals surface area contributed by atoms with Crippen LogP contribution in [0.3, 0.4) is 0 Å². The Labute approximate surface area is 121 Å². The van der Waals surface area contributed by atoms with Crippen molar-refractivity contribution in [3.05, 3.63) is 70.5 Å². The Morgan fingerprint density at radius 2 is 1.67 bits per heavy atom. The highest BCUT2D eigenvalue weighted by molar-refractivity contribution is 5.69. The lowest BCUT2D eigenvalue weighted by Crippen LogP contribution is -2.12. The number of aromatic nitrogens is 2. The number of benzene rings is 2. The molecule has 0 fully saturated rings. The van der Waals surface area contributed by atoms with Gasteiger partial charge in [0.2, 0.25) is 5.88 Å². The van der Waals surface area contributed by atoms with Crippen molar-refractivity contribution in [2.45, 2.75) is 6.92 Å². The maximum atomic E-state index is 12.3. The van der Waals surface area contributed by atoms with Crippen molar-refractivity contribution in [3.8, 4) is 28.4 Å². The molecule has 104 valence electrons. The zero-order valence-electron chi connectivity index (χ0n) is 11.5. The topological polar surface area (TPSA) is 66.0 Å². The van der Waals surface area contributed by atoms with Gasteiger partial charge in [0.1, 0.15) is 11.4 Å². The zero-order chi connectivity index (χ0) is 14.8.